The molecule has 3 amide bonds. The van der Waals surface area contributed by atoms with Crippen molar-refractivity contribution in [3.05, 3.63) is 59.7 Å². The quantitative estimate of drug-likeness (QED) is 0.197. The van der Waals surface area contributed by atoms with Crippen LogP contribution in [0, 0.1) is 11.8 Å². The van der Waals surface area contributed by atoms with Gasteiger partial charge in [0.15, 0.2) is 11.5 Å². The lowest BCUT2D eigenvalue weighted by Crippen LogP contribution is -2.42. The number of rotatable bonds is 16. The molecule has 1 aliphatic rings. The van der Waals surface area contributed by atoms with Gasteiger partial charge in [0.25, 0.3) is 5.91 Å². The molecule has 2 atom stereocenters. The normalized spacial score (nSPS) is 16.2. The monoisotopic (exact) mass is 653 g/mol. The summed E-state index contributed by atoms with van der Waals surface area (Å²) in [6, 6.07) is 15.1. The standard InChI is InChI=1S/C37H55N3O7/c1-9-38(23-28-14-11-10-12-15-28)34(41)19-17-30-24-39(36(43)47-37(4,5)6)25-31(30)26-40(27(2)3)35(42)29-16-18-32(45-8)33(22-29)46-21-13-20-44-7/h10-12,14-16,18,22,27,30-31H,9,13,17,19-21,23-26H2,1-8H3/t30-,31+/m1/s1. The molecule has 2 aromatic carbocycles. The summed E-state index contributed by atoms with van der Waals surface area (Å²) in [5, 5.41) is 0. The van der Waals surface area contributed by atoms with Crippen LogP contribution in [0.1, 0.15) is 76.7 Å². The number of hydrogen-bond acceptors (Lipinski definition) is 7. The van der Waals surface area contributed by atoms with Crippen molar-refractivity contribution in [2.24, 2.45) is 11.8 Å². The van der Waals surface area contributed by atoms with Crippen molar-refractivity contribution in [2.75, 3.05) is 53.6 Å². The van der Waals surface area contributed by atoms with Crippen LogP contribution in [0.25, 0.3) is 0 Å². The van der Waals surface area contributed by atoms with Crippen LogP contribution < -0.4 is 9.47 Å². The molecule has 3 rings (SSSR count). The molecular weight excluding hydrogens is 598 g/mol. The molecule has 10 heteroatoms. The van der Waals surface area contributed by atoms with Crippen molar-refractivity contribution in [3.8, 4) is 11.5 Å². The first kappa shape index (κ1) is 37.7. The van der Waals surface area contributed by atoms with Crippen molar-refractivity contribution in [3.63, 3.8) is 0 Å². The Morgan fingerprint density at radius 3 is 2.28 bits per heavy atom. The van der Waals surface area contributed by atoms with Gasteiger partial charge in [0.2, 0.25) is 5.91 Å². The first-order valence-electron chi connectivity index (χ1n) is 16.8. The average molecular weight is 654 g/mol. The van der Waals surface area contributed by atoms with Gasteiger partial charge in [0.05, 0.1) is 13.7 Å². The van der Waals surface area contributed by atoms with Crippen LogP contribution in [0.2, 0.25) is 0 Å². The van der Waals surface area contributed by atoms with E-state index in [4.69, 9.17) is 18.9 Å². The van der Waals surface area contributed by atoms with Gasteiger partial charge < -0.3 is 33.6 Å². The number of carbonyl (C=O) groups excluding carboxylic acids is 3. The summed E-state index contributed by atoms with van der Waals surface area (Å²) in [5.41, 5.74) is 0.956. The maximum atomic E-state index is 14.0. The second-order valence-electron chi connectivity index (χ2n) is 13.4. The molecule has 2 aromatic rings. The molecule has 0 aromatic heterocycles. The van der Waals surface area contributed by atoms with Crippen LogP contribution in [0.5, 0.6) is 11.5 Å². The summed E-state index contributed by atoms with van der Waals surface area (Å²) in [6.45, 7) is 15.1. The molecule has 1 fully saturated rings. The summed E-state index contributed by atoms with van der Waals surface area (Å²) in [5.74, 6) is 0.994. The molecule has 1 aliphatic heterocycles. The van der Waals surface area contributed by atoms with Gasteiger partial charge in [-0.3, -0.25) is 9.59 Å². The lowest BCUT2D eigenvalue weighted by atomic mass is 9.90. The molecule has 10 nitrogen and oxygen atoms in total. The van der Waals surface area contributed by atoms with Crippen LogP contribution in [-0.4, -0.2) is 97.9 Å². The Morgan fingerprint density at radius 1 is 0.957 bits per heavy atom. The number of hydrogen-bond donors (Lipinski definition) is 0. The Morgan fingerprint density at radius 2 is 1.66 bits per heavy atom. The Hall–Kier alpha value is -3.79. The van der Waals surface area contributed by atoms with Crippen LogP contribution >= 0.6 is 0 Å². The van der Waals surface area contributed by atoms with Crippen molar-refractivity contribution in [2.45, 2.75) is 79.0 Å². The first-order chi connectivity index (χ1) is 22.4. The van der Waals surface area contributed by atoms with Gasteiger partial charge in [0, 0.05) is 70.9 Å². The third kappa shape index (κ3) is 11.4. The van der Waals surface area contributed by atoms with Gasteiger partial charge in [0.1, 0.15) is 5.60 Å². The zero-order chi connectivity index (χ0) is 34.6. The summed E-state index contributed by atoms with van der Waals surface area (Å²) < 4.78 is 22.3. The highest BCUT2D eigenvalue weighted by atomic mass is 16.6. The average Bonchev–Trinajstić information content (AvgIpc) is 3.45. The number of amides is 3. The smallest absolute Gasteiger partial charge is 0.410 e. The fourth-order valence-corrected chi connectivity index (χ4v) is 5.85. The second-order valence-corrected chi connectivity index (χ2v) is 13.4. The largest absolute Gasteiger partial charge is 0.493 e. The Bertz CT molecular complexity index is 1290. The highest BCUT2D eigenvalue weighted by Gasteiger charge is 2.39. The lowest BCUT2D eigenvalue weighted by molar-refractivity contribution is -0.132. The number of methoxy groups -OCH3 is 2. The molecule has 0 N–H and O–H groups in total. The molecule has 0 aliphatic carbocycles. The Kier molecular flexibility index (Phi) is 14.4. The molecule has 0 spiro atoms. The zero-order valence-electron chi connectivity index (χ0n) is 29.6. The Balaban J connectivity index is 1.79. The molecule has 47 heavy (non-hydrogen) atoms. The molecule has 1 heterocycles. The molecular formula is C37H55N3O7. The van der Waals surface area contributed by atoms with Crippen molar-refractivity contribution < 1.29 is 33.3 Å². The fourth-order valence-electron chi connectivity index (χ4n) is 5.85. The van der Waals surface area contributed by atoms with Gasteiger partial charge in [-0.2, -0.15) is 0 Å². The van der Waals surface area contributed by atoms with E-state index < -0.39 is 5.60 Å². The van der Waals surface area contributed by atoms with E-state index in [1.54, 1.807) is 37.3 Å². The number of ether oxygens (including phenoxy) is 4. The van der Waals surface area contributed by atoms with E-state index in [0.29, 0.717) is 82.3 Å². The lowest BCUT2D eigenvalue weighted by Gasteiger charge is -2.32. The molecule has 0 bridgehead atoms. The van der Waals surface area contributed by atoms with Gasteiger partial charge in [-0.25, -0.2) is 4.79 Å². The maximum absolute atomic E-state index is 14.0. The zero-order valence-corrected chi connectivity index (χ0v) is 29.6. The predicted molar refractivity (Wildman–Crippen MR) is 183 cm³/mol. The highest BCUT2D eigenvalue weighted by molar-refractivity contribution is 5.95. The molecule has 0 unspecified atom stereocenters. The SMILES string of the molecule is CCN(Cc1ccccc1)C(=O)CC[C@@H]1CN(C(=O)OC(C)(C)C)C[C@H]1CN(C(=O)c1ccc(OC)c(OCCCOC)c1)C(C)C. The molecule has 260 valence electrons. The van der Waals surface area contributed by atoms with E-state index in [9.17, 15) is 14.4 Å². The third-order valence-corrected chi connectivity index (χ3v) is 8.38. The minimum Gasteiger partial charge on any atom is -0.493 e. The van der Waals surface area contributed by atoms with E-state index >= 15 is 0 Å². The van der Waals surface area contributed by atoms with Gasteiger partial charge in [-0.15, -0.1) is 0 Å². The molecule has 1 saturated heterocycles. The van der Waals surface area contributed by atoms with Crippen molar-refractivity contribution in [1.82, 2.24) is 14.7 Å². The summed E-state index contributed by atoms with van der Waals surface area (Å²) in [6.07, 6.45) is 1.30. The first-order valence-corrected chi connectivity index (χ1v) is 16.8. The predicted octanol–water partition coefficient (Wildman–Crippen LogP) is 6.27. The van der Waals surface area contributed by atoms with E-state index in [1.165, 1.54) is 0 Å². The Labute approximate surface area is 281 Å². The topological polar surface area (TPSA) is 97.9 Å². The van der Waals surface area contributed by atoms with Gasteiger partial charge in [-0.05, 0) is 83.6 Å². The second kappa shape index (κ2) is 17.9. The maximum Gasteiger partial charge on any atom is 0.410 e. The van der Waals surface area contributed by atoms with E-state index in [2.05, 4.69) is 0 Å². The molecule has 0 saturated carbocycles. The number of benzene rings is 2. The van der Waals surface area contributed by atoms with Gasteiger partial charge in [-0.1, -0.05) is 30.3 Å². The van der Waals surface area contributed by atoms with Crippen LogP contribution in [0.3, 0.4) is 0 Å². The van der Waals surface area contributed by atoms with E-state index in [1.807, 2.05) is 81.7 Å². The van der Waals surface area contributed by atoms with Crippen LogP contribution in [-0.2, 0) is 20.8 Å². The third-order valence-electron chi connectivity index (χ3n) is 8.38. The minimum atomic E-state index is -0.628. The van der Waals surface area contributed by atoms with Gasteiger partial charge >= 0.3 is 6.09 Å². The minimum absolute atomic E-state index is 0.0199. The summed E-state index contributed by atoms with van der Waals surface area (Å²) in [7, 11) is 3.22. The number of carbonyl (C=O) groups is 3. The number of nitrogens with zero attached hydrogens (tertiary/aromatic N) is 3. The van der Waals surface area contributed by atoms with Crippen molar-refractivity contribution in [1.29, 1.82) is 0 Å². The van der Waals surface area contributed by atoms with Crippen LogP contribution in [0.4, 0.5) is 4.79 Å². The summed E-state index contributed by atoms with van der Waals surface area (Å²) >= 11 is 0. The van der Waals surface area contributed by atoms with Crippen LogP contribution in [0.15, 0.2) is 48.5 Å². The number of likely N-dealkylation sites (tertiary alicyclic amines) is 1. The summed E-state index contributed by atoms with van der Waals surface area (Å²) in [4.78, 5) is 46.0. The fraction of sp³-hybridized carbons (Fsp3) is 0.595. The van der Waals surface area contributed by atoms with E-state index in [-0.39, 0.29) is 35.8 Å². The highest BCUT2D eigenvalue weighted by Crippen LogP contribution is 2.33. The molecule has 0 radical (unpaired) electrons. The van der Waals surface area contributed by atoms with E-state index in [0.717, 1.165) is 5.56 Å². The van der Waals surface area contributed by atoms with Crippen molar-refractivity contribution >= 4 is 17.9 Å².